The molecule has 3 fully saturated rings. The zero-order chi connectivity index (χ0) is 23.4. The number of hydrogen-bond donors (Lipinski definition) is 3. The number of carbonyl (C=O) groups is 1. The summed E-state index contributed by atoms with van der Waals surface area (Å²) in [6, 6.07) is 21.4. The molecule has 0 radical (unpaired) electrons. The summed E-state index contributed by atoms with van der Waals surface area (Å²) in [4.78, 5) is 20.4. The van der Waals surface area contributed by atoms with Gasteiger partial charge in [0, 0.05) is 35.2 Å². The van der Waals surface area contributed by atoms with Crippen LogP contribution in [0.15, 0.2) is 54.6 Å². The quantitative estimate of drug-likeness (QED) is 0.456. The van der Waals surface area contributed by atoms with Crippen LogP contribution in [-0.4, -0.2) is 40.1 Å². The molecule has 2 bridgehead atoms. The van der Waals surface area contributed by atoms with Crippen LogP contribution in [-0.2, 0) is 6.42 Å². The summed E-state index contributed by atoms with van der Waals surface area (Å²) in [7, 11) is 0. The van der Waals surface area contributed by atoms with Crippen LogP contribution in [0.4, 0.5) is 16.3 Å². The molecule has 2 amide bonds. The minimum Gasteiger partial charge on any atom is -0.363 e. The summed E-state index contributed by atoms with van der Waals surface area (Å²) < 4.78 is 0. The zero-order valence-electron chi connectivity index (χ0n) is 20.0. The molecule has 3 aromatic rings. The number of pyridine rings is 1. The van der Waals surface area contributed by atoms with Gasteiger partial charge in [-0.25, -0.2) is 9.78 Å². The molecule has 2 saturated heterocycles. The molecule has 6 heteroatoms. The lowest BCUT2D eigenvalue weighted by atomic mass is 9.97. The Morgan fingerprint density at radius 3 is 2.51 bits per heavy atom. The predicted octanol–water partition coefficient (Wildman–Crippen LogP) is 5.61. The largest absolute Gasteiger partial charge is 0.363 e. The molecule has 0 spiro atoms. The summed E-state index contributed by atoms with van der Waals surface area (Å²) in [6.07, 6.45) is 9.71. The molecule has 1 aromatic heterocycles. The number of carbonyl (C=O) groups excluding carboxylic acids is 1. The van der Waals surface area contributed by atoms with Crippen molar-refractivity contribution in [1.29, 1.82) is 0 Å². The summed E-state index contributed by atoms with van der Waals surface area (Å²) >= 11 is 0. The van der Waals surface area contributed by atoms with Gasteiger partial charge >= 0.3 is 6.03 Å². The Morgan fingerprint density at radius 2 is 1.69 bits per heavy atom. The Balaban J connectivity index is 0.986. The fraction of sp³-hybridized carbons (Fsp3) is 0.448. The molecule has 6 nitrogen and oxygen atoms in total. The van der Waals surface area contributed by atoms with E-state index < -0.39 is 0 Å². The molecular formula is C29H33N5O. The molecule has 3 heterocycles. The Labute approximate surface area is 206 Å². The van der Waals surface area contributed by atoms with Gasteiger partial charge in [0.1, 0.15) is 5.82 Å². The van der Waals surface area contributed by atoms with Crippen LogP contribution in [0.5, 0.6) is 0 Å². The van der Waals surface area contributed by atoms with Gasteiger partial charge in [-0.15, -0.1) is 0 Å². The summed E-state index contributed by atoms with van der Waals surface area (Å²) in [6.45, 7) is 0. The van der Waals surface area contributed by atoms with E-state index in [2.05, 4.69) is 51.2 Å². The Kier molecular flexibility index (Phi) is 5.16. The van der Waals surface area contributed by atoms with Crippen molar-refractivity contribution in [1.82, 2.24) is 15.2 Å². The number of amides is 2. The third kappa shape index (κ3) is 4.14. The topological polar surface area (TPSA) is 69.3 Å². The molecular weight excluding hydrogens is 434 g/mol. The summed E-state index contributed by atoms with van der Waals surface area (Å²) in [5.41, 5.74) is 4.55. The van der Waals surface area contributed by atoms with Crippen LogP contribution >= 0.6 is 0 Å². The van der Waals surface area contributed by atoms with Gasteiger partial charge in [-0.05, 0) is 92.8 Å². The SMILES string of the molecule is O=C(Nc1ccc2nc(NC3CCc4ccccc43)ccc2c1)NC1CC2CCC(C1)N2C1CC1. The third-order valence-electron chi connectivity index (χ3n) is 8.50. The predicted molar refractivity (Wildman–Crippen MR) is 140 cm³/mol. The number of nitrogens with one attached hydrogen (secondary N) is 3. The maximum atomic E-state index is 12.8. The Morgan fingerprint density at radius 1 is 0.886 bits per heavy atom. The van der Waals surface area contributed by atoms with Gasteiger partial charge in [0.25, 0.3) is 0 Å². The maximum Gasteiger partial charge on any atom is 0.319 e. The van der Waals surface area contributed by atoms with Gasteiger partial charge in [0.05, 0.1) is 11.6 Å². The van der Waals surface area contributed by atoms with E-state index in [0.717, 1.165) is 54.1 Å². The Hall–Kier alpha value is -3.12. The molecule has 2 aliphatic carbocycles. The molecule has 35 heavy (non-hydrogen) atoms. The van der Waals surface area contributed by atoms with Crippen LogP contribution in [0.2, 0.25) is 0 Å². The molecule has 2 aromatic carbocycles. The van der Waals surface area contributed by atoms with Crippen LogP contribution in [0, 0.1) is 0 Å². The first-order valence-electron chi connectivity index (χ1n) is 13.3. The van der Waals surface area contributed by atoms with Gasteiger partial charge in [0.2, 0.25) is 0 Å². The number of rotatable bonds is 5. The van der Waals surface area contributed by atoms with Crippen LogP contribution in [0.25, 0.3) is 10.9 Å². The first kappa shape index (κ1) is 21.2. The van der Waals surface area contributed by atoms with Gasteiger partial charge < -0.3 is 16.0 Å². The average molecular weight is 468 g/mol. The fourth-order valence-corrected chi connectivity index (χ4v) is 6.82. The second-order valence-electron chi connectivity index (χ2n) is 10.9. The van der Waals surface area contributed by atoms with E-state index in [1.54, 1.807) is 0 Å². The number of benzene rings is 2. The van der Waals surface area contributed by atoms with E-state index in [0.29, 0.717) is 18.1 Å². The highest BCUT2D eigenvalue weighted by Crippen LogP contribution is 2.43. The highest BCUT2D eigenvalue weighted by atomic mass is 16.2. The molecule has 3 N–H and O–H groups in total. The summed E-state index contributed by atoms with van der Waals surface area (Å²) in [5.74, 6) is 0.893. The van der Waals surface area contributed by atoms with Crippen molar-refractivity contribution < 1.29 is 4.79 Å². The van der Waals surface area contributed by atoms with Crippen LogP contribution in [0.1, 0.15) is 62.1 Å². The number of anilines is 2. The second kappa shape index (κ2) is 8.52. The lowest BCUT2D eigenvalue weighted by Gasteiger charge is -2.39. The minimum absolute atomic E-state index is 0.0974. The monoisotopic (exact) mass is 467 g/mol. The number of aromatic nitrogens is 1. The van der Waals surface area contributed by atoms with E-state index in [4.69, 9.17) is 4.98 Å². The van der Waals surface area contributed by atoms with Crippen molar-refractivity contribution in [2.75, 3.05) is 10.6 Å². The van der Waals surface area contributed by atoms with Crippen LogP contribution < -0.4 is 16.0 Å². The third-order valence-corrected chi connectivity index (χ3v) is 8.50. The molecule has 180 valence electrons. The molecule has 4 aliphatic rings. The van der Waals surface area contributed by atoms with Crippen molar-refractivity contribution in [3.63, 3.8) is 0 Å². The Bertz CT molecular complexity index is 1260. The van der Waals surface area contributed by atoms with Gasteiger partial charge in [-0.2, -0.15) is 0 Å². The fourth-order valence-electron chi connectivity index (χ4n) is 6.82. The van der Waals surface area contributed by atoms with Crippen molar-refractivity contribution in [3.05, 3.63) is 65.7 Å². The zero-order valence-corrected chi connectivity index (χ0v) is 20.0. The smallest absolute Gasteiger partial charge is 0.319 e. The maximum absolute atomic E-state index is 12.8. The van der Waals surface area contributed by atoms with E-state index in [9.17, 15) is 4.79 Å². The number of hydrogen-bond acceptors (Lipinski definition) is 4. The lowest BCUT2D eigenvalue weighted by Crippen LogP contribution is -2.51. The standard InChI is InChI=1S/C29H33N5O/c35-29(31-21-16-23-10-11-24(17-21)34(23)22-8-9-22)30-20-7-13-26-19(15-20)6-14-28(32-26)33-27-12-5-18-3-1-2-4-25(18)27/h1-4,6-7,13-15,21-24,27H,5,8-12,16-17H2,(H,32,33)(H2,30,31,35). The normalized spacial score (nSPS) is 27.5. The summed E-state index contributed by atoms with van der Waals surface area (Å²) in [5, 5.41) is 10.9. The first-order valence-corrected chi connectivity index (χ1v) is 13.3. The highest BCUT2D eigenvalue weighted by Gasteiger charge is 2.47. The number of aryl methyl sites for hydroxylation is 1. The average Bonchev–Trinajstić information content (AvgIpc) is 3.57. The lowest BCUT2D eigenvalue weighted by molar-refractivity contribution is 0.111. The van der Waals surface area contributed by atoms with Gasteiger partial charge in [-0.3, -0.25) is 4.90 Å². The molecule has 2 aliphatic heterocycles. The van der Waals surface area contributed by atoms with E-state index in [1.807, 2.05) is 24.3 Å². The van der Waals surface area contributed by atoms with Crippen molar-refractivity contribution in [3.8, 4) is 0 Å². The van der Waals surface area contributed by atoms with E-state index in [1.165, 1.54) is 36.8 Å². The number of nitrogens with zero attached hydrogens (tertiary/aromatic N) is 2. The van der Waals surface area contributed by atoms with E-state index >= 15 is 0 Å². The van der Waals surface area contributed by atoms with Crippen molar-refractivity contribution in [2.24, 2.45) is 0 Å². The molecule has 3 atom stereocenters. The minimum atomic E-state index is -0.0974. The number of piperidine rings is 1. The highest BCUT2D eigenvalue weighted by molar-refractivity contribution is 5.93. The molecule has 1 saturated carbocycles. The molecule has 3 unspecified atom stereocenters. The van der Waals surface area contributed by atoms with Crippen molar-refractivity contribution >= 4 is 28.4 Å². The molecule has 7 rings (SSSR count). The second-order valence-corrected chi connectivity index (χ2v) is 10.9. The van der Waals surface area contributed by atoms with Gasteiger partial charge in [-0.1, -0.05) is 24.3 Å². The van der Waals surface area contributed by atoms with Gasteiger partial charge in [0.15, 0.2) is 0 Å². The van der Waals surface area contributed by atoms with Crippen LogP contribution in [0.3, 0.4) is 0 Å². The number of fused-ring (bicyclic) bond motifs is 4. The number of urea groups is 1. The van der Waals surface area contributed by atoms with E-state index in [-0.39, 0.29) is 12.1 Å². The first-order chi connectivity index (χ1) is 17.2. The van der Waals surface area contributed by atoms with Crippen molar-refractivity contribution in [2.45, 2.75) is 81.6 Å².